The molecule has 4 nitrogen and oxygen atoms in total. The van der Waals surface area contributed by atoms with E-state index in [0.717, 1.165) is 32.2 Å². The molecule has 0 heterocycles. The van der Waals surface area contributed by atoms with Crippen LogP contribution in [0.4, 0.5) is 0 Å². The van der Waals surface area contributed by atoms with Gasteiger partial charge in [0.1, 0.15) is 9.84 Å². The van der Waals surface area contributed by atoms with Crippen molar-refractivity contribution in [3.8, 4) is 0 Å². The Morgan fingerprint density at radius 2 is 1.82 bits per heavy atom. The minimum absolute atomic E-state index is 0.232. The fourth-order valence-corrected chi connectivity index (χ4v) is 3.20. The molecule has 0 aromatic heterocycles. The third-order valence-corrected chi connectivity index (χ3v) is 4.43. The van der Waals surface area contributed by atoms with Crippen LogP contribution in [0.25, 0.3) is 0 Å². The minimum Gasteiger partial charge on any atom is -0.389 e. The van der Waals surface area contributed by atoms with E-state index >= 15 is 0 Å². The Hall–Kier alpha value is -0.130. The zero-order chi connectivity index (χ0) is 12.9. The smallest absolute Gasteiger partial charge is 0.147 e. The van der Waals surface area contributed by atoms with Gasteiger partial charge in [0, 0.05) is 12.8 Å². The maximum Gasteiger partial charge on any atom is 0.147 e. The van der Waals surface area contributed by atoms with Crippen molar-refractivity contribution in [2.75, 3.05) is 32.1 Å². The van der Waals surface area contributed by atoms with Crippen molar-refractivity contribution >= 4 is 9.84 Å². The molecule has 1 saturated carbocycles. The first kappa shape index (κ1) is 14.9. The van der Waals surface area contributed by atoms with Crippen LogP contribution in [-0.4, -0.2) is 56.2 Å². The molecule has 1 N–H and O–H groups in total. The average molecular weight is 263 g/mol. The molecule has 0 amide bonds. The summed E-state index contributed by atoms with van der Waals surface area (Å²) >= 11 is 0. The highest BCUT2D eigenvalue weighted by molar-refractivity contribution is 7.90. The summed E-state index contributed by atoms with van der Waals surface area (Å²) in [7, 11) is -0.904. The molecule has 0 spiro atoms. The number of hydrogen-bond donors (Lipinski definition) is 1. The summed E-state index contributed by atoms with van der Waals surface area (Å²) in [5.41, 5.74) is -0.544. The predicted molar refractivity (Wildman–Crippen MR) is 69.9 cm³/mol. The van der Waals surface area contributed by atoms with Gasteiger partial charge in [-0.15, -0.1) is 0 Å². The van der Waals surface area contributed by atoms with Gasteiger partial charge in [-0.1, -0.05) is 19.3 Å². The van der Waals surface area contributed by atoms with Gasteiger partial charge in [0.25, 0.3) is 0 Å². The summed E-state index contributed by atoms with van der Waals surface area (Å²) in [6.07, 6.45) is 7.10. The van der Waals surface area contributed by atoms with Crippen LogP contribution in [-0.2, 0) is 9.84 Å². The van der Waals surface area contributed by atoms with E-state index in [1.807, 2.05) is 7.05 Å². The zero-order valence-corrected chi connectivity index (χ0v) is 11.8. The van der Waals surface area contributed by atoms with E-state index < -0.39 is 15.4 Å². The molecular weight excluding hydrogens is 238 g/mol. The van der Waals surface area contributed by atoms with Crippen molar-refractivity contribution in [1.82, 2.24) is 4.90 Å². The summed E-state index contributed by atoms with van der Waals surface area (Å²) in [6.45, 7) is 1.39. The van der Waals surface area contributed by atoms with Gasteiger partial charge in [-0.2, -0.15) is 0 Å². The van der Waals surface area contributed by atoms with E-state index in [2.05, 4.69) is 4.90 Å². The summed E-state index contributed by atoms with van der Waals surface area (Å²) in [6, 6.07) is 0. The first-order valence-corrected chi connectivity index (χ1v) is 8.45. The van der Waals surface area contributed by atoms with Crippen molar-refractivity contribution in [3.63, 3.8) is 0 Å². The van der Waals surface area contributed by atoms with Gasteiger partial charge in [0.15, 0.2) is 0 Å². The fraction of sp³-hybridized carbons (Fsp3) is 1.00. The predicted octanol–water partition coefficient (Wildman–Crippen LogP) is 1.05. The lowest BCUT2D eigenvalue weighted by Gasteiger charge is -2.35. The molecule has 1 rings (SSSR count). The molecule has 1 aliphatic rings. The lowest BCUT2D eigenvalue weighted by Crippen LogP contribution is -2.43. The summed E-state index contributed by atoms with van der Waals surface area (Å²) in [5.74, 6) is 0.232. The normalized spacial score (nSPS) is 20.7. The minimum atomic E-state index is -2.86. The molecule has 0 aromatic carbocycles. The van der Waals surface area contributed by atoms with E-state index in [9.17, 15) is 13.5 Å². The third kappa shape index (κ3) is 6.38. The second-order valence-corrected chi connectivity index (χ2v) is 7.77. The molecule has 1 fully saturated rings. The monoisotopic (exact) mass is 263 g/mol. The molecule has 0 saturated heterocycles. The van der Waals surface area contributed by atoms with Crippen molar-refractivity contribution in [1.29, 1.82) is 0 Å². The van der Waals surface area contributed by atoms with E-state index in [4.69, 9.17) is 0 Å². The van der Waals surface area contributed by atoms with Gasteiger partial charge >= 0.3 is 0 Å². The highest BCUT2D eigenvalue weighted by atomic mass is 32.2. The largest absolute Gasteiger partial charge is 0.389 e. The Morgan fingerprint density at radius 1 is 1.24 bits per heavy atom. The maximum absolute atomic E-state index is 11.0. The first-order valence-electron chi connectivity index (χ1n) is 6.39. The van der Waals surface area contributed by atoms with Crippen molar-refractivity contribution in [2.24, 2.45) is 0 Å². The van der Waals surface area contributed by atoms with Crippen molar-refractivity contribution in [2.45, 2.75) is 44.1 Å². The topological polar surface area (TPSA) is 57.6 Å². The highest BCUT2D eigenvalue weighted by Crippen LogP contribution is 2.28. The van der Waals surface area contributed by atoms with E-state index in [1.165, 1.54) is 12.7 Å². The summed E-state index contributed by atoms with van der Waals surface area (Å²) in [4.78, 5) is 2.05. The second kappa shape index (κ2) is 6.16. The Bertz CT molecular complexity index is 321. The number of aliphatic hydroxyl groups is 1. The number of rotatable bonds is 6. The molecule has 0 aliphatic heterocycles. The molecule has 0 bridgehead atoms. The Morgan fingerprint density at radius 3 is 2.35 bits per heavy atom. The van der Waals surface area contributed by atoms with Gasteiger partial charge in [-0.3, -0.25) is 0 Å². The van der Waals surface area contributed by atoms with Gasteiger partial charge in [0.05, 0.1) is 11.4 Å². The zero-order valence-electron chi connectivity index (χ0n) is 11.0. The van der Waals surface area contributed by atoms with Crippen LogP contribution in [0.3, 0.4) is 0 Å². The van der Waals surface area contributed by atoms with Gasteiger partial charge in [0.2, 0.25) is 0 Å². The molecule has 0 unspecified atom stereocenters. The Balaban J connectivity index is 2.26. The number of hydrogen-bond acceptors (Lipinski definition) is 4. The SMILES string of the molecule is CN(CCCS(C)(=O)=O)CC1(O)CCCCC1. The maximum atomic E-state index is 11.0. The number of sulfone groups is 1. The molecular formula is C12H25NO3S. The van der Waals surface area contributed by atoms with Crippen molar-refractivity contribution in [3.05, 3.63) is 0 Å². The highest BCUT2D eigenvalue weighted by Gasteiger charge is 2.30. The van der Waals surface area contributed by atoms with E-state index in [1.54, 1.807) is 0 Å². The molecule has 1 aliphatic carbocycles. The van der Waals surface area contributed by atoms with Gasteiger partial charge in [-0.25, -0.2) is 8.42 Å². The van der Waals surface area contributed by atoms with E-state index in [-0.39, 0.29) is 5.75 Å². The lowest BCUT2D eigenvalue weighted by atomic mass is 9.84. The van der Waals surface area contributed by atoms with Crippen LogP contribution in [0, 0.1) is 0 Å². The molecule has 0 atom stereocenters. The number of likely N-dealkylation sites (N-methyl/N-ethyl adjacent to an activating group) is 1. The van der Waals surface area contributed by atoms with Crippen LogP contribution in [0.5, 0.6) is 0 Å². The van der Waals surface area contributed by atoms with Gasteiger partial charge in [-0.05, 0) is 32.9 Å². The summed E-state index contributed by atoms with van der Waals surface area (Å²) in [5, 5.41) is 10.3. The standard InChI is InChI=1S/C12H25NO3S/c1-13(9-6-10-17(2,15)16)11-12(14)7-4-3-5-8-12/h14H,3-11H2,1-2H3. The van der Waals surface area contributed by atoms with Crippen LogP contribution in [0.1, 0.15) is 38.5 Å². The van der Waals surface area contributed by atoms with Crippen LogP contribution >= 0.6 is 0 Å². The summed E-state index contributed by atoms with van der Waals surface area (Å²) < 4.78 is 22.0. The van der Waals surface area contributed by atoms with Gasteiger partial charge < -0.3 is 10.0 Å². The van der Waals surface area contributed by atoms with Crippen LogP contribution < -0.4 is 0 Å². The van der Waals surface area contributed by atoms with Crippen molar-refractivity contribution < 1.29 is 13.5 Å². The van der Waals surface area contributed by atoms with Crippen LogP contribution in [0.2, 0.25) is 0 Å². The first-order chi connectivity index (χ1) is 7.81. The molecule has 17 heavy (non-hydrogen) atoms. The molecule has 0 radical (unpaired) electrons. The number of nitrogens with zero attached hydrogens (tertiary/aromatic N) is 1. The molecule has 5 heteroatoms. The Kier molecular flexibility index (Phi) is 5.41. The van der Waals surface area contributed by atoms with Crippen LogP contribution in [0.15, 0.2) is 0 Å². The Labute approximate surface area is 105 Å². The fourth-order valence-electron chi connectivity index (χ4n) is 2.55. The molecule has 102 valence electrons. The average Bonchev–Trinajstić information content (AvgIpc) is 2.15. The quantitative estimate of drug-likeness (QED) is 0.778. The molecule has 0 aromatic rings. The lowest BCUT2D eigenvalue weighted by molar-refractivity contribution is -0.0207. The second-order valence-electron chi connectivity index (χ2n) is 5.51. The third-order valence-electron chi connectivity index (χ3n) is 3.40. The van der Waals surface area contributed by atoms with E-state index in [0.29, 0.717) is 13.0 Å².